The van der Waals surface area contributed by atoms with Gasteiger partial charge in [0.05, 0.1) is 5.92 Å². The van der Waals surface area contributed by atoms with Crippen LogP contribution in [0.4, 0.5) is 5.69 Å². The topological polar surface area (TPSA) is 84.2 Å². The zero-order chi connectivity index (χ0) is 18.2. The van der Waals surface area contributed by atoms with E-state index in [2.05, 4.69) is 10.6 Å². The van der Waals surface area contributed by atoms with E-state index in [0.29, 0.717) is 23.1 Å². The average Bonchev–Trinajstić information content (AvgIpc) is 3.16. The van der Waals surface area contributed by atoms with Gasteiger partial charge in [-0.1, -0.05) is 6.92 Å². The Morgan fingerprint density at radius 2 is 1.80 bits per heavy atom. The van der Waals surface area contributed by atoms with Crippen molar-refractivity contribution in [1.82, 2.24) is 5.32 Å². The minimum absolute atomic E-state index is 0.0138. The number of nitrogens with one attached hydrogen (secondary N) is 2. The van der Waals surface area contributed by atoms with E-state index in [9.17, 15) is 9.59 Å². The van der Waals surface area contributed by atoms with Gasteiger partial charge in [-0.25, -0.2) is 0 Å². The molecule has 2 fully saturated rings. The Kier molecular flexibility index (Phi) is 4.87. The number of rotatable bonds is 5. The van der Waals surface area contributed by atoms with Crippen molar-refractivity contribution in [3.8, 4) is 0 Å². The molecule has 5 nitrogen and oxygen atoms in total. The molecule has 1 aromatic rings. The highest BCUT2D eigenvalue weighted by molar-refractivity contribution is 5.97. The molecule has 0 saturated heterocycles. The average molecular weight is 343 g/mol. The summed E-state index contributed by atoms with van der Waals surface area (Å²) in [5.74, 6) is 0.783. The lowest BCUT2D eigenvalue weighted by Crippen LogP contribution is -2.43. The number of carbonyl (C=O) groups excluding carboxylic acids is 2. The minimum Gasteiger partial charge on any atom is -0.347 e. The molecule has 0 heterocycles. The van der Waals surface area contributed by atoms with Gasteiger partial charge in [-0.15, -0.1) is 0 Å². The first-order chi connectivity index (χ1) is 11.8. The van der Waals surface area contributed by atoms with Crippen molar-refractivity contribution < 1.29 is 9.59 Å². The van der Waals surface area contributed by atoms with Crippen LogP contribution in [0.2, 0.25) is 0 Å². The molecule has 4 N–H and O–H groups in total. The number of hydrogen-bond donors (Lipinski definition) is 3. The number of carbonyl (C=O) groups is 2. The summed E-state index contributed by atoms with van der Waals surface area (Å²) in [5.41, 5.74) is 7.31. The van der Waals surface area contributed by atoms with Crippen molar-refractivity contribution in [3.63, 3.8) is 0 Å². The van der Waals surface area contributed by atoms with E-state index in [4.69, 9.17) is 5.73 Å². The van der Waals surface area contributed by atoms with E-state index < -0.39 is 0 Å². The first kappa shape index (κ1) is 17.9. The van der Waals surface area contributed by atoms with Crippen LogP contribution in [-0.2, 0) is 4.79 Å². The van der Waals surface area contributed by atoms with Gasteiger partial charge < -0.3 is 16.4 Å². The largest absolute Gasteiger partial charge is 0.347 e. The van der Waals surface area contributed by atoms with Crippen LogP contribution in [0.3, 0.4) is 0 Å². The zero-order valence-corrected chi connectivity index (χ0v) is 15.3. The molecule has 4 unspecified atom stereocenters. The maximum absolute atomic E-state index is 12.6. The van der Waals surface area contributed by atoms with Crippen molar-refractivity contribution in [1.29, 1.82) is 0 Å². The van der Waals surface area contributed by atoms with Crippen LogP contribution in [0.1, 0.15) is 56.8 Å². The molecule has 1 aromatic carbocycles. The Labute approximate surface area is 149 Å². The smallest absolute Gasteiger partial charge is 0.251 e. The van der Waals surface area contributed by atoms with Crippen LogP contribution < -0.4 is 16.4 Å². The quantitative estimate of drug-likeness (QED) is 0.768. The fourth-order valence-corrected chi connectivity index (χ4v) is 4.12. The van der Waals surface area contributed by atoms with Gasteiger partial charge in [-0.2, -0.15) is 0 Å². The first-order valence-corrected chi connectivity index (χ1v) is 9.30. The molecule has 25 heavy (non-hydrogen) atoms. The molecule has 2 amide bonds. The lowest BCUT2D eigenvalue weighted by atomic mass is 9.84. The summed E-state index contributed by atoms with van der Waals surface area (Å²) in [4.78, 5) is 24.9. The van der Waals surface area contributed by atoms with Crippen molar-refractivity contribution in [2.45, 2.75) is 58.0 Å². The van der Waals surface area contributed by atoms with Gasteiger partial charge in [0.15, 0.2) is 0 Å². The molecule has 0 spiro atoms. The fraction of sp³-hybridized carbons (Fsp3) is 0.600. The molecule has 0 radical (unpaired) electrons. The van der Waals surface area contributed by atoms with Crippen LogP contribution in [0.15, 0.2) is 24.3 Å². The van der Waals surface area contributed by atoms with Crippen molar-refractivity contribution in [2.75, 3.05) is 5.32 Å². The van der Waals surface area contributed by atoms with Gasteiger partial charge in [0.1, 0.15) is 0 Å². The second-order valence-corrected chi connectivity index (χ2v) is 8.19. The predicted octanol–water partition coefficient (Wildman–Crippen LogP) is 2.92. The molecule has 5 heteroatoms. The molecule has 2 aliphatic carbocycles. The van der Waals surface area contributed by atoms with Crippen LogP contribution >= 0.6 is 0 Å². The Morgan fingerprint density at radius 1 is 1.16 bits per heavy atom. The van der Waals surface area contributed by atoms with Crippen molar-refractivity contribution in [2.24, 2.45) is 23.5 Å². The van der Waals surface area contributed by atoms with Crippen LogP contribution in [0.5, 0.6) is 0 Å². The van der Waals surface area contributed by atoms with Gasteiger partial charge in [0, 0.05) is 22.8 Å². The number of benzene rings is 1. The highest BCUT2D eigenvalue weighted by Gasteiger charge is 2.49. The molecule has 3 rings (SSSR count). The summed E-state index contributed by atoms with van der Waals surface area (Å²) < 4.78 is 0. The van der Waals surface area contributed by atoms with E-state index in [1.54, 1.807) is 24.3 Å². The van der Waals surface area contributed by atoms with E-state index in [1.165, 1.54) is 0 Å². The van der Waals surface area contributed by atoms with Crippen LogP contribution in [-0.4, -0.2) is 23.4 Å². The van der Waals surface area contributed by atoms with Gasteiger partial charge in [-0.3, -0.25) is 9.59 Å². The molecule has 0 aliphatic heterocycles. The molecular weight excluding hydrogens is 314 g/mol. The molecule has 136 valence electrons. The maximum atomic E-state index is 12.6. The normalized spacial score (nSPS) is 28.0. The Morgan fingerprint density at radius 3 is 2.36 bits per heavy atom. The molecule has 2 aliphatic rings. The number of fused-ring (bicyclic) bond motifs is 2. The predicted molar refractivity (Wildman–Crippen MR) is 99.2 cm³/mol. The minimum atomic E-state index is -0.234. The van der Waals surface area contributed by atoms with Gasteiger partial charge in [-0.05, 0) is 75.6 Å². The van der Waals surface area contributed by atoms with Crippen molar-refractivity contribution >= 4 is 17.5 Å². The van der Waals surface area contributed by atoms with E-state index in [1.807, 2.05) is 20.8 Å². The Bertz CT molecular complexity index is 651. The number of hydrogen-bond acceptors (Lipinski definition) is 3. The molecular formula is C20H29N3O2. The van der Waals surface area contributed by atoms with Crippen LogP contribution in [0, 0.1) is 17.8 Å². The fourth-order valence-electron chi connectivity index (χ4n) is 4.12. The van der Waals surface area contributed by atoms with Crippen molar-refractivity contribution in [3.05, 3.63) is 29.8 Å². The lowest BCUT2D eigenvalue weighted by molar-refractivity contribution is -0.121. The Balaban J connectivity index is 1.61. The zero-order valence-electron chi connectivity index (χ0n) is 15.3. The summed E-state index contributed by atoms with van der Waals surface area (Å²) in [6.07, 6.45) is 4.22. The summed E-state index contributed by atoms with van der Waals surface area (Å²) in [5, 5.41) is 5.98. The Hall–Kier alpha value is -1.88. The summed E-state index contributed by atoms with van der Waals surface area (Å²) in [7, 11) is 0. The third kappa shape index (κ3) is 3.71. The SMILES string of the molecule is CCC(C)(C)NC(=O)c1ccc(NC(=O)C2C3CCC(C3)C2N)cc1. The second-order valence-electron chi connectivity index (χ2n) is 8.19. The van der Waals surface area contributed by atoms with Gasteiger partial charge >= 0.3 is 0 Å². The monoisotopic (exact) mass is 343 g/mol. The molecule has 2 bridgehead atoms. The highest BCUT2D eigenvalue weighted by atomic mass is 16.2. The third-order valence-corrected chi connectivity index (χ3v) is 6.03. The third-order valence-electron chi connectivity index (χ3n) is 6.03. The van der Waals surface area contributed by atoms with E-state index >= 15 is 0 Å². The number of nitrogens with two attached hydrogens (primary N) is 1. The summed E-state index contributed by atoms with van der Waals surface area (Å²) in [6, 6.07) is 7.05. The molecule has 2 saturated carbocycles. The standard InChI is InChI=1S/C20H29N3O2/c1-4-20(2,3)23-18(24)12-7-9-15(10-8-12)22-19(25)16-13-5-6-14(11-13)17(16)21/h7-10,13-14,16-17H,4-6,11,21H2,1-3H3,(H,22,25)(H,23,24). The summed E-state index contributed by atoms with van der Waals surface area (Å²) >= 11 is 0. The van der Waals surface area contributed by atoms with Crippen LogP contribution in [0.25, 0.3) is 0 Å². The molecule has 4 atom stereocenters. The van der Waals surface area contributed by atoms with Gasteiger partial charge in [0.2, 0.25) is 5.91 Å². The lowest BCUT2D eigenvalue weighted by Gasteiger charge is -2.27. The molecule has 0 aromatic heterocycles. The number of amides is 2. The van der Waals surface area contributed by atoms with E-state index in [0.717, 1.165) is 25.7 Å². The highest BCUT2D eigenvalue weighted by Crippen LogP contribution is 2.47. The second kappa shape index (κ2) is 6.79. The van der Waals surface area contributed by atoms with E-state index in [-0.39, 0.29) is 29.3 Å². The van der Waals surface area contributed by atoms with Gasteiger partial charge in [0.25, 0.3) is 5.91 Å². The first-order valence-electron chi connectivity index (χ1n) is 9.30. The maximum Gasteiger partial charge on any atom is 0.251 e. The number of anilines is 1. The summed E-state index contributed by atoms with van der Waals surface area (Å²) in [6.45, 7) is 6.04.